The second-order valence-electron chi connectivity index (χ2n) is 7.97. The quantitative estimate of drug-likeness (QED) is 0.378. The van der Waals surface area contributed by atoms with Crippen molar-refractivity contribution in [2.45, 2.75) is 18.8 Å². The van der Waals surface area contributed by atoms with E-state index in [1.807, 2.05) is 47.8 Å². The number of thiophene rings is 1. The average molecular weight is 471 g/mol. The Kier molecular flexibility index (Phi) is 4.92. The number of anilines is 1. The van der Waals surface area contributed by atoms with Crippen molar-refractivity contribution in [1.82, 2.24) is 24.9 Å². The zero-order chi connectivity index (χ0) is 23.1. The number of amides is 1. The highest BCUT2D eigenvalue weighted by molar-refractivity contribution is 7.13. The number of carbonyl (C=O) groups is 1. The maximum absolute atomic E-state index is 12.9. The number of rotatable bonds is 6. The number of benzene rings is 1. The summed E-state index contributed by atoms with van der Waals surface area (Å²) in [6.07, 6.45) is 2.09. The van der Waals surface area contributed by atoms with Gasteiger partial charge in [-0.1, -0.05) is 41.6 Å². The summed E-state index contributed by atoms with van der Waals surface area (Å²) >= 11 is 1.52. The number of hydrogen-bond donors (Lipinski definition) is 2. The Hall–Kier alpha value is -4.31. The molecule has 168 valence electrons. The fraction of sp³-hybridized carbons (Fsp3) is 0.125. The van der Waals surface area contributed by atoms with E-state index in [4.69, 9.17) is 4.52 Å². The summed E-state index contributed by atoms with van der Waals surface area (Å²) in [5, 5.41) is 13.3. The smallest absolute Gasteiger partial charge is 0.279 e. The highest BCUT2D eigenvalue weighted by Crippen LogP contribution is 2.40. The van der Waals surface area contributed by atoms with E-state index in [9.17, 15) is 9.59 Å². The molecule has 0 aliphatic heterocycles. The fourth-order valence-corrected chi connectivity index (χ4v) is 4.30. The zero-order valence-corrected chi connectivity index (χ0v) is 18.6. The van der Waals surface area contributed by atoms with Crippen LogP contribution in [0, 0.1) is 0 Å². The lowest BCUT2D eigenvalue weighted by atomic mass is 10.1. The molecule has 0 spiro atoms. The van der Waals surface area contributed by atoms with Crippen molar-refractivity contribution in [1.29, 1.82) is 0 Å². The molecule has 10 heteroatoms. The monoisotopic (exact) mass is 470 g/mol. The molecule has 1 aromatic carbocycles. The van der Waals surface area contributed by atoms with Gasteiger partial charge in [0.15, 0.2) is 5.69 Å². The predicted molar refractivity (Wildman–Crippen MR) is 127 cm³/mol. The molecule has 1 aliphatic rings. The summed E-state index contributed by atoms with van der Waals surface area (Å²) in [7, 11) is 0. The van der Waals surface area contributed by atoms with Crippen LogP contribution in [0.5, 0.6) is 0 Å². The summed E-state index contributed by atoms with van der Waals surface area (Å²) in [5.74, 6) is 1.16. The summed E-state index contributed by atoms with van der Waals surface area (Å²) in [4.78, 5) is 33.7. The molecule has 1 aliphatic carbocycles. The topological polar surface area (TPSA) is 119 Å². The minimum atomic E-state index is -0.434. The average Bonchev–Trinajstić information content (AvgIpc) is 3.24. The van der Waals surface area contributed by atoms with Gasteiger partial charge in [-0.25, -0.2) is 4.98 Å². The van der Waals surface area contributed by atoms with E-state index in [1.54, 1.807) is 12.1 Å². The van der Waals surface area contributed by atoms with Gasteiger partial charge in [0.1, 0.15) is 17.3 Å². The first-order valence-electron chi connectivity index (χ1n) is 10.7. The van der Waals surface area contributed by atoms with Crippen LogP contribution < -0.4 is 10.9 Å². The highest BCUT2D eigenvalue weighted by Gasteiger charge is 2.29. The van der Waals surface area contributed by atoms with E-state index < -0.39 is 5.91 Å². The van der Waals surface area contributed by atoms with Gasteiger partial charge in [0.25, 0.3) is 11.5 Å². The van der Waals surface area contributed by atoms with Crippen molar-refractivity contribution in [2.24, 2.45) is 0 Å². The Bertz CT molecular complexity index is 1530. The standard InChI is InChI=1S/C24H18N6O3S/c31-22-13-16(14-5-2-1-3-6-14)25-24(27-22)30-21(12-17(28-30)20-7-4-10-34-20)26-23(32)18-11-19(33-29-18)15-8-9-15/h1-7,10-13,15H,8-9H2,(H,26,32)(H,25,27,31). The van der Waals surface area contributed by atoms with Crippen LogP contribution in [0.15, 0.2) is 75.4 Å². The van der Waals surface area contributed by atoms with E-state index in [1.165, 1.54) is 22.1 Å². The first-order valence-corrected chi connectivity index (χ1v) is 11.6. The second-order valence-corrected chi connectivity index (χ2v) is 8.91. The van der Waals surface area contributed by atoms with Crippen molar-refractivity contribution in [2.75, 3.05) is 5.32 Å². The van der Waals surface area contributed by atoms with Crippen LogP contribution in [-0.2, 0) is 0 Å². The van der Waals surface area contributed by atoms with Crippen LogP contribution in [0.3, 0.4) is 0 Å². The summed E-state index contributed by atoms with van der Waals surface area (Å²) in [5.41, 5.74) is 1.78. The minimum absolute atomic E-state index is 0.184. The largest absolute Gasteiger partial charge is 0.360 e. The highest BCUT2D eigenvalue weighted by atomic mass is 32.1. The molecule has 4 aromatic heterocycles. The summed E-state index contributed by atoms with van der Waals surface area (Å²) in [6.45, 7) is 0. The zero-order valence-electron chi connectivity index (χ0n) is 17.8. The van der Waals surface area contributed by atoms with Gasteiger partial charge in [-0.05, 0) is 24.3 Å². The first kappa shape index (κ1) is 20.3. The number of aromatic nitrogens is 5. The van der Waals surface area contributed by atoms with Gasteiger partial charge >= 0.3 is 0 Å². The Balaban J connectivity index is 1.41. The molecule has 0 saturated heterocycles. The number of H-pyrrole nitrogens is 1. The third-order valence-electron chi connectivity index (χ3n) is 5.46. The van der Waals surface area contributed by atoms with Crippen molar-refractivity contribution in [3.63, 3.8) is 0 Å². The SMILES string of the molecule is O=C(Nc1cc(-c2cccs2)nn1-c1nc(-c2ccccc2)cc(=O)[nH]1)c1cc(C2CC2)on1. The molecular formula is C24H18N6O3S. The molecule has 1 fully saturated rings. The van der Waals surface area contributed by atoms with Crippen LogP contribution in [0.4, 0.5) is 5.82 Å². The van der Waals surface area contributed by atoms with Crippen LogP contribution in [0.2, 0.25) is 0 Å². The van der Waals surface area contributed by atoms with Gasteiger partial charge in [0, 0.05) is 29.7 Å². The van der Waals surface area contributed by atoms with Crippen molar-refractivity contribution < 1.29 is 9.32 Å². The molecule has 5 aromatic rings. The summed E-state index contributed by atoms with van der Waals surface area (Å²) < 4.78 is 6.73. The molecule has 0 bridgehead atoms. The van der Waals surface area contributed by atoms with Gasteiger partial charge in [-0.3, -0.25) is 14.6 Å². The number of carbonyl (C=O) groups excluding carboxylic acids is 1. The van der Waals surface area contributed by atoms with Crippen LogP contribution >= 0.6 is 11.3 Å². The molecule has 1 amide bonds. The lowest BCUT2D eigenvalue weighted by Gasteiger charge is -2.08. The Morgan fingerprint density at radius 2 is 1.94 bits per heavy atom. The third-order valence-corrected chi connectivity index (χ3v) is 6.36. The van der Waals surface area contributed by atoms with Crippen LogP contribution in [-0.4, -0.2) is 30.8 Å². The second kappa shape index (κ2) is 8.23. The Labute approximate surface area is 197 Å². The van der Waals surface area contributed by atoms with Gasteiger partial charge in [0.05, 0.1) is 10.6 Å². The molecule has 0 atom stereocenters. The maximum Gasteiger partial charge on any atom is 0.279 e. The number of hydrogen-bond acceptors (Lipinski definition) is 7. The molecule has 0 unspecified atom stereocenters. The normalized spacial score (nSPS) is 13.2. The molecular weight excluding hydrogens is 452 g/mol. The van der Waals surface area contributed by atoms with E-state index in [-0.39, 0.29) is 17.2 Å². The Morgan fingerprint density at radius 1 is 1.09 bits per heavy atom. The van der Waals surface area contributed by atoms with Gasteiger partial charge in [-0.15, -0.1) is 11.3 Å². The number of aromatic amines is 1. The maximum atomic E-state index is 12.9. The summed E-state index contributed by atoms with van der Waals surface area (Å²) in [6, 6.07) is 18.1. The molecule has 9 nitrogen and oxygen atoms in total. The molecule has 34 heavy (non-hydrogen) atoms. The van der Waals surface area contributed by atoms with Gasteiger partial charge in [-0.2, -0.15) is 9.78 Å². The molecule has 6 rings (SSSR count). The van der Waals surface area contributed by atoms with Crippen LogP contribution in [0.25, 0.3) is 27.8 Å². The van der Waals surface area contributed by atoms with Crippen molar-refractivity contribution in [3.8, 4) is 27.8 Å². The first-order chi connectivity index (χ1) is 16.6. The minimum Gasteiger partial charge on any atom is -0.360 e. The van der Waals surface area contributed by atoms with E-state index in [0.29, 0.717) is 23.1 Å². The molecule has 1 saturated carbocycles. The predicted octanol–water partition coefficient (Wildman–Crippen LogP) is 4.47. The molecule has 4 heterocycles. The van der Waals surface area contributed by atoms with E-state index >= 15 is 0 Å². The van der Waals surface area contributed by atoms with Gasteiger partial charge < -0.3 is 9.84 Å². The number of nitrogens with one attached hydrogen (secondary N) is 2. The lowest BCUT2D eigenvalue weighted by molar-refractivity contribution is 0.101. The lowest BCUT2D eigenvalue weighted by Crippen LogP contribution is -2.19. The fourth-order valence-electron chi connectivity index (χ4n) is 3.62. The molecule has 2 N–H and O–H groups in total. The van der Waals surface area contributed by atoms with E-state index in [2.05, 4.69) is 25.5 Å². The van der Waals surface area contributed by atoms with E-state index in [0.717, 1.165) is 29.0 Å². The van der Waals surface area contributed by atoms with Crippen molar-refractivity contribution >= 4 is 23.1 Å². The Morgan fingerprint density at radius 3 is 2.71 bits per heavy atom. The number of nitrogens with zero attached hydrogens (tertiary/aromatic N) is 4. The van der Waals surface area contributed by atoms with Gasteiger partial charge in [0.2, 0.25) is 5.95 Å². The molecule has 0 radical (unpaired) electrons. The van der Waals surface area contributed by atoms with Crippen molar-refractivity contribution in [3.05, 3.63) is 87.9 Å². The van der Waals surface area contributed by atoms with Crippen LogP contribution in [0.1, 0.15) is 35.0 Å². The third kappa shape index (κ3) is 3.95.